The van der Waals surface area contributed by atoms with Gasteiger partial charge in [-0.3, -0.25) is 14.5 Å². The summed E-state index contributed by atoms with van der Waals surface area (Å²) >= 11 is 0.864. The quantitative estimate of drug-likeness (QED) is 0.807. The molecule has 0 aromatic carbocycles. The standard InChI is InChI=1S/C12H11N3O5S2/c1-7(16)4-8-2-3-9(5-13-8)22(19,20)15-11-10(12(17)18)14-6-21-11/h2-3,5-6,15H,4H2,1H3,(H,17,18). The minimum absolute atomic E-state index is 0.0830. The Bertz CT molecular complexity index is 812. The average Bonchev–Trinajstić information content (AvgIpc) is 2.86. The zero-order valence-electron chi connectivity index (χ0n) is 11.3. The SMILES string of the molecule is CC(=O)Cc1ccc(S(=O)(=O)Nc2scnc2C(=O)O)cn1. The molecule has 8 nitrogen and oxygen atoms in total. The molecule has 0 saturated heterocycles. The first-order chi connectivity index (χ1) is 10.3. The molecule has 0 radical (unpaired) electrons. The predicted octanol–water partition coefficient (Wildman–Crippen LogP) is 1.17. The second-order valence-corrected chi connectivity index (χ2v) is 6.84. The van der Waals surface area contributed by atoms with Crippen molar-refractivity contribution < 1.29 is 23.1 Å². The third-order valence-corrected chi connectivity index (χ3v) is 4.74. The van der Waals surface area contributed by atoms with Crippen molar-refractivity contribution >= 4 is 38.1 Å². The Morgan fingerprint density at radius 3 is 2.59 bits per heavy atom. The lowest BCUT2D eigenvalue weighted by atomic mass is 10.2. The Morgan fingerprint density at radius 2 is 2.05 bits per heavy atom. The van der Waals surface area contributed by atoms with Gasteiger partial charge in [-0.1, -0.05) is 0 Å². The van der Waals surface area contributed by atoms with Crippen LogP contribution in [0, 0.1) is 0 Å². The van der Waals surface area contributed by atoms with Gasteiger partial charge in [-0.15, -0.1) is 11.3 Å². The molecule has 0 bridgehead atoms. The van der Waals surface area contributed by atoms with Crippen LogP contribution < -0.4 is 4.72 Å². The third-order valence-electron chi connectivity index (χ3n) is 2.54. The van der Waals surface area contributed by atoms with Gasteiger partial charge in [0.05, 0.1) is 5.51 Å². The van der Waals surface area contributed by atoms with E-state index < -0.39 is 16.0 Å². The lowest BCUT2D eigenvalue weighted by Gasteiger charge is -2.06. The summed E-state index contributed by atoms with van der Waals surface area (Å²) in [5.41, 5.74) is 1.32. The van der Waals surface area contributed by atoms with E-state index >= 15 is 0 Å². The number of sulfonamides is 1. The van der Waals surface area contributed by atoms with Crippen molar-refractivity contribution in [3.63, 3.8) is 0 Å². The molecule has 2 heterocycles. The maximum atomic E-state index is 12.2. The molecule has 0 aliphatic heterocycles. The summed E-state index contributed by atoms with van der Waals surface area (Å²) in [5, 5.41) is 8.82. The molecular formula is C12H11N3O5S2. The van der Waals surface area contributed by atoms with E-state index in [1.165, 1.54) is 24.6 Å². The summed E-state index contributed by atoms with van der Waals surface area (Å²) in [6, 6.07) is 2.73. The van der Waals surface area contributed by atoms with Crippen molar-refractivity contribution in [2.24, 2.45) is 0 Å². The van der Waals surface area contributed by atoms with Crippen molar-refractivity contribution in [2.75, 3.05) is 4.72 Å². The maximum absolute atomic E-state index is 12.2. The molecule has 0 saturated carbocycles. The number of ketones is 1. The first-order valence-electron chi connectivity index (χ1n) is 5.93. The minimum Gasteiger partial charge on any atom is -0.476 e. The number of carbonyl (C=O) groups is 2. The number of Topliss-reactive ketones (excluding diaryl/α,β-unsaturated/α-hetero) is 1. The Labute approximate surface area is 129 Å². The van der Waals surface area contributed by atoms with Crippen molar-refractivity contribution in [2.45, 2.75) is 18.2 Å². The summed E-state index contributed by atoms with van der Waals surface area (Å²) in [7, 11) is -3.97. The number of nitrogens with zero attached hydrogens (tertiary/aromatic N) is 2. The van der Waals surface area contributed by atoms with Gasteiger partial charge in [-0.05, 0) is 19.1 Å². The van der Waals surface area contributed by atoms with E-state index in [4.69, 9.17) is 5.11 Å². The predicted molar refractivity (Wildman–Crippen MR) is 78.5 cm³/mol. The number of carboxylic acids is 1. The van der Waals surface area contributed by atoms with Crippen LogP contribution in [0.25, 0.3) is 0 Å². The van der Waals surface area contributed by atoms with Gasteiger partial charge in [0.15, 0.2) is 5.69 Å². The molecule has 22 heavy (non-hydrogen) atoms. The van der Waals surface area contributed by atoms with Crippen LogP contribution >= 0.6 is 11.3 Å². The largest absolute Gasteiger partial charge is 0.476 e. The van der Waals surface area contributed by atoms with E-state index in [2.05, 4.69) is 14.7 Å². The summed E-state index contributed by atoms with van der Waals surface area (Å²) in [6.45, 7) is 1.41. The van der Waals surface area contributed by atoms with Crippen LogP contribution in [0.2, 0.25) is 0 Å². The van der Waals surface area contributed by atoms with Crippen molar-refractivity contribution in [3.05, 3.63) is 35.2 Å². The van der Waals surface area contributed by atoms with Crippen molar-refractivity contribution in [1.82, 2.24) is 9.97 Å². The van der Waals surface area contributed by atoms with Crippen LogP contribution in [0.15, 0.2) is 28.7 Å². The van der Waals surface area contributed by atoms with Crippen LogP contribution in [0.4, 0.5) is 5.00 Å². The van der Waals surface area contributed by atoms with Crippen LogP contribution in [-0.4, -0.2) is 35.2 Å². The lowest BCUT2D eigenvalue weighted by Crippen LogP contribution is -2.15. The fraction of sp³-hybridized carbons (Fsp3) is 0.167. The van der Waals surface area contributed by atoms with E-state index in [1.807, 2.05) is 0 Å². The van der Waals surface area contributed by atoms with Gasteiger partial charge in [0, 0.05) is 18.3 Å². The molecule has 0 spiro atoms. The molecule has 116 valence electrons. The van der Waals surface area contributed by atoms with Gasteiger partial charge in [-0.2, -0.15) is 0 Å². The first-order valence-corrected chi connectivity index (χ1v) is 8.30. The normalized spacial score (nSPS) is 11.1. The Morgan fingerprint density at radius 1 is 1.32 bits per heavy atom. The average molecular weight is 341 g/mol. The fourth-order valence-electron chi connectivity index (χ4n) is 1.58. The lowest BCUT2D eigenvalue weighted by molar-refractivity contribution is -0.116. The summed E-state index contributed by atoms with van der Waals surface area (Å²) in [4.78, 5) is 29.2. The molecule has 0 unspecified atom stereocenters. The second kappa shape index (κ2) is 6.20. The number of anilines is 1. The molecule has 0 fully saturated rings. The van der Waals surface area contributed by atoms with Gasteiger partial charge < -0.3 is 5.11 Å². The number of carboxylic acid groups (broad SMARTS) is 1. The van der Waals surface area contributed by atoms with E-state index in [1.54, 1.807) is 0 Å². The Hall–Kier alpha value is -2.33. The van der Waals surface area contributed by atoms with E-state index in [0.29, 0.717) is 5.69 Å². The highest BCUT2D eigenvalue weighted by molar-refractivity contribution is 7.93. The van der Waals surface area contributed by atoms with Crippen LogP contribution in [0.1, 0.15) is 23.1 Å². The number of hydrogen-bond donors (Lipinski definition) is 2. The molecule has 0 amide bonds. The topological polar surface area (TPSA) is 126 Å². The van der Waals surface area contributed by atoms with Crippen LogP contribution in [-0.2, 0) is 21.2 Å². The molecule has 2 rings (SSSR count). The number of aromatic nitrogens is 2. The zero-order chi connectivity index (χ0) is 16.3. The number of aromatic carboxylic acids is 1. The first kappa shape index (κ1) is 16.0. The molecule has 0 aliphatic rings. The smallest absolute Gasteiger partial charge is 0.357 e. The summed E-state index contributed by atoms with van der Waals surface area (Å²) in [5.74, 6) is -1.41. The monoisotopic (exact) mass is 341 g/mol. The molecule has 2 aromatic rings. The number of hydrogen-bond acceptors (Lipinski definition) is 7. The van der Waals surface area contributed by atoms with Crippen LogP contribution in [0.3, 0.4) is 0 Å². The minimum atomic E-state index is -3.97. The van der Waals surface area contributed by atoms with Crippen molar-refractivity contribution in [3.8, 4) is 0 Å². The second-order valence-electron chi connectivity index (χ2n) is 4.30. The van der Waals surface area contributed by atoms with Gasteiger partial charge in [0.25, 0.3) is 10.0 Å². The van der Waals surface area contributed by atoms with Gasteiger partial charge in [0.2, 0.25) is 0 Å². The van der Waals surface area contributed by atoms with Gasteiger partial charge >= 0.3 is 5.97 Å². The van der Waals surface area contributed by atoms with Gasteiger partial charge in [0.1, 0.15) is 15.7 Å². The maximum Gasteiger partial charge on any atom is 0.357 e. The number of pyridine rings is 1. The molecule has 10 heteroatoms. The number of nitrogens with one attached hydrogen (secondary N) is 1. The molecular weight excluding hydrogens is 330 g/mol. The highest BCUT2D eigenvalue weighted by Gasteiger charge is 2.21. The number of rotatable bonds is 6. The highest BCUT2D eigenvalue weighted by atomic mass is 32.2. The highest BCUT2D eigenvalue weighted by Crippen LogP contribution is 2.23. The fourth-order valence-corrected chi connectivity index (χ4v) is 3.52. The molecule has 2 aromatic heterocycles. The molecule has 0 atom stereocenters. The zero-order valence-corrected chi connectivity index (χ0v) is 12.9. The Kier molecular flexibility index (Phi) is 4.52. The number of thiazole rings is 1. The molecule has 2 N–H and O–H groups in total. The van der Waals surface area contributed by atoms with E-state index in [0.717, 1.165) is 17.5 Å². The van der Waals surface area contributed by atoms with Crippen molar-refractivity contribution in [1.29, 1.82) is 0 Å². The van der Waals surface area contributed by atoms with E-state index in [-0.39, 0.29) is 27.8 Å². The number of carbonyl (C=O) groups excluding carboxylic acids is 1. The Balaban J connectivity index is 2.25. The van der Waals surface area contributed by atoms with Gasteiger partial charge in [-0.25, -0.2) is 18.2 Å². The summed E-state index contributed by atoms with van der Waals surface area (Å²) < 4.78 is 26.5. The van der Waals surface area contributed by atoms with E-state index in [9.17, 15) is 18.0 Å². The van der Waals surface area contributed by atoms with Crippen LogP contribution in [0.5, 0.6) is 0 Å². The summed E-state index contributed by atoms with van der Waals surface area (Å²) in [6.07, 6.45) is 1.23. The third kappa shape index (κ3) is 3.65. The molecule has 0 aliphatic carbocycles.